The maximum atomic E-state index is 12.5. The van der Waals surface area contributed by atoms with Crippen molar-refractivity contribution in [3.63, 3.8) is 0 Å². The molecule has 0 bridgehead atoms. The van der Waals surface area contributed by atoms with Crippen molar-refractivity contribution in [3.05, 3.63) is 34.3 Å². The summed E-state index contributed by atoms with van der Waals surface area (Å²) >= 11 is 3.53. The fourth-order valence-electron chi connectivity index (χ4n) is 2.90. The fraction of sp³-hybridized carbons (Fsp3) is 0.588. The lowest BCUT2D eigenvalue weighted by molar-refractivity contribution is -0.132. The Morgan fingerprint density at radius 2 is 2.14 bits per heavy atom. The van der Waals surface area contributed by atoms with Crippen LogP contribution in [-0.4, -0.2) is 48.4 Å². The molecule has 2 rings (SSSR count). The Kier molecular flexibility index (Phi) is 5.64. The van der Waals surface area contributed by atoms with Gasteiger partial charge in [0.15, 0.2) is 0 Å². The minimum absolute atomic E-state index is 0.0690. The Labute approximate surface area is 141 Å². The molecule has 4 nitrogen and oxygen atoms in total. The van der Waals surface area contributed by atoms with Crippen molar-refractivity contribution in [1.29, 1.82) is 0 Å². The van der Waals surface area contributed by atoms with E-state index < -0.39 is 0 Å². The minimum atomic E-state index is 0.0690. The summed E-state index contributed by atoms with van der Waals surface area (Å²) in [4.78, 5) is 16.5. The number of rotatable bonds is 4. The van der Waals surface area contributed by atoms with Gasteiger partial charge in [-0.1, -0.05) is 48.0 Å². The zero-order chi connectivity index (χ0) is 16.3. The molecule has 1 aliphatic heterocycles. The van der Waals surface area contributed by atoms with Crippen molar-refractivity contribution in [2.45, 2.75) is 32.9 Å². The number of hydrogen-bond donors (Lipinski definition) is 1. The molecular formula is C17H26BrN3O. The third-order valence-electron chi connectivity index (χ3n) is 4.54. The van der Waals surface area contributed by atoms with Crippen LogP contribution in [0.2, 0.25) is 0 Å². The second kappa shape index (κ2) is 7.11. The zero-order valence-corrected chi connectivity index (χ0v) is 15.3. The van der Waals surface area contributed by atoms with Crippen LogP contribution in [0.5, 0.6) is 0 Å². The summed E-state index contributed by atoms with van der Waals surface area (Å²) in [5, 5.41) is 0. The summed E-state index contributed by atoms with van der Waals surface area (Å²) in [6.07, 6.45) is 0.953. The van der Waals surface area contributed by atoms with E-state index in [9.17, 15) is 4.79 Å². The molecule has 0 saturated carbocycles. The predicted molar refractivity (Wildman–Crippen MR) is 93.4 cm³/mol. The summed E-state index contributed by atoms with van der Waals surface area (Å²) in [6.45, 7) is 7.23. The first-order chi connectivity index (χ1) is 10.3. The monoisotopic (exact) mass is 367 g/mol. The van der Waals surface area contributed by atoms with Crippen molar-refractivity contribution in [1.82, 2.24) is 9.80 Å². The molecule has 1 saturated heterocycles. The highest BCUT2D eigenvalue weighted by Gasteiger charge is 2.34. The summed E-state index contributed by atoms with van der Waals surface area (Å²) < 4.78 is 1.04. The van der Waals surface area contributed by atoms with E-state index in [0.29, 0.717) is 13.1 Å². The van der Waals surface area contributed by atoms with E-state index in [2.05, 4.69) is 34.7 Å². The molecule has 22 heavy (non-hydrogen) atoms. The van der Waals surface area contributed by atoms with Crippen LogP contribution in [0.15, 0.2) is 28.7 Å². The van der Waals surface area contributed by atoms with Gasteiger partial charge in [0.05, 0.1) is 6.54 Å². The lowest BCUT2D eigenvalue weighted by Crippen LogP contribution is -2.54. The highest BCUT2D eigenvalue weighted by Crippen LogP contribution is 2.27. The summed E-state index contributed by atoms with van der Waals surface area (Å²) in [7, 11) is 1.86. The number of carbonyl (C=O) groups excluding carboxylic acids is 1. The third kappa shape index (κ3) is 4.31. The Morgan fingerprint density at radius 3 is 2.77 bits per heavy atom. The average Bonchev–Trinajstić information content (AvgIpc) is 2.45. The standard InChI is InChI=1S/C17H26BrN3O/c1-17(2)12-21(9-8-15(17)19)11-16(22)20(3)10-13-6-4-5-7-14(13)18/h4-7,15H,8-12,19H2,1-3H3. The van der Waals surface area contributed by atoms with Crippen molar-refractivity contribution in [2.75, 3.05) is 26.7 Å². The largest absolute Gasteiger partial charge is 0.340 e. The van der Waals surface area contributed by atoms with Crippen molar-refractivity contribution in [3.8, 4) is 0 Å². The van der Waals surface area contributed by atoms with Gasteiger partial charge in [0.1, 0.15) is 0 Å². The second-order valence-corrected chi connectivity index (χ2v) is 7.79. The lowest BCUT2D eigenvalue weighted by Gasteiger charge is -2.42. The van der Waals surface area contributed by atoms with Crippen LogP contribution in [0.25, 0.3) is 0 Å². The van der Waals surface area contributed by atoms with Crippen molar-refractivity contribution >= 4 is 21.8 Å². The molecule has 1 unspecified atom stereocenters. The Balaban J connectivity index is 1.91. The molecule has 1 amide bonds. The van der Waals surface area contributed by atoms with Crippen molar-refractivity contribution < 1.29 is 4.79 Å². The van der Waals surface area contributed by atoms with E-state index in [4.69, 9.17) is 5.73 Å². The number of likely N-dealkylation sites (N-methyl/N-ethyl adjacent to an activating group) is 1. The second-order valence-electron chi connectivity index (χ2n) is 6.94. The quantitative estimate of drug-likeness (QED) is 0.888. The molecule has 0 aromatic heterocycles. The maximum Gasteiger partial charge on any atom is 0.236 e. The van der Waals surface area contributed by atoms with E-state index in [-0.39, 0.29) is 17.4 Å². The molecule has 1 heterocycles. The van der Waals surface area contributed by atoms with Crippen LogP contribution in [0, 0.1) is 5.41 Å². The van der Waals surface area contributed by atoms with Crippen LogP contribution in [0.1, 0.15) is 25.8 Å². The van der Waals surface area contributed by atoms with Crippen molar-refractivity contribution in [2.24, 2.45) is 11.1 Å². The number of nitrogens with zero attached hydrogens (tertiary/aromatic N) is 2. The van der Waals surface area contributed by atoms with Gasteiger partial charge in [0, 0.05) is 37.2 Å². The molecule has 0 aliphatic carbocycles. The Hall–Kier alpha value is -0.910. The van der Waals surface area contributed by atoms with Gasteiger partial charge in [-0.15, -0.1) is 0 Å². The number of halogens is 1. The van der Waals surface area contributed by atoms with Gasteiger partial charge in [-0.3, -0.25) is 9.69 Å². The van der Waals surface area contributed by atoms with Crippen LogP contribution < -0.4 is 5.73 Å². The van der Waals surface area contributed by atoms with Crippen LogP contribution >= 0.6 is 15.9 Å². The fourth-order valence-corrected chi connectivity index (χ4v) is 3.31. The van der Waals surface area contributed by atoms with Gasteiger partial charge in [-0.25, -0.2) is 0 Å². The predicted octanol–water partition coefficient (Wildman–Crippen LogP) is 2.47. The molecule has 0 radical (unpaired) electrons. The molecule has 0 spiro atoms. The maximum absolute atomic E-state index is 12.5. The molecular weight excluding hydrogens is 342 g/mol. The van der Waals surface area contributed by atoms with Crippen LogP contribution in [0.3, 0.4) is 0 Å². The third-order valence-corrected chi connectivity index (χ3v) is 5.31. The SMILES string of the molecule is CN(Cc1ccccc1Br)C(=O)CN1CCC(N)C(C)(C)C1. The molecule has 1 aliphatic rings. The zero-order valence-electron chi connectivity index (χ0n) is 13.7. The topological polar surface area (TPSA) is 49.6 Å². The van der Waals surface area contributed by atoms with Gasteiger partial charge in [0.25, 0.3) is 0 Å². The minimum Gasteiger partial charge on any atom is -0.340 e. The first-order valence-electron chi connectivity index (χ1n) is 7.75. The first-order valence-corrected chi connectivity index (χ1v) is 8.54. The molecule has 1 fully saturated rings. The van der Waals surface area contributed by atoms with E-state index >= 15 is 0 Å². The van der Waals surface area contributed by atoms with Gasteiger partial charge in [-0.2, -0.15) is 0 Å². The van der Waals surface area contributed by atoms with Crippen LogP contribution in [-0.2, 0) is 11.3 Å². The molecule has 5 heteroatoms. The Bertz CT molecular complexity index is 532. The smallest absolute Gasteiger partial charge is 0.236 e. The molecule has 2 N–H and O–H groups in total. The molecule has 122 valence electrons. The Morgan fingerprint density at radius 1 is 1.45 bits per heavy atom. The number of hydrogen-bond acceptors (Lipinski definition) is 3. The number of nitrogens with two attached hydrogens (primary N) is 1. The van der Waals surface area contributed by atoms with E-state index in [1.165, 1.54) is 0 Å². The summed E-state index contributed by atoms with van der Waals surface area (Å²) in [5.74, 6) is 0.155. The van der Waals surface area contributed by atoms with E-state index in [1.807, 2.05) is 31.3 Å². The average molecular weight is 368 g/mol. The van der Waals surface area contributed by atoms with E-state index in [1.54, 1.807) is 4.90 Å². The van der Waals surface area contributed by atoms with Gasteiger partial charge < -0.3 is 10.6 Å². The van der Waals surface area contributed by atoms with Crippen LogP contribution in [0.4, 0.5) is 0 Å². The number of carbonyl (C=O) groups is 1. The van der Waals surface area contributed by atoms with Gasteiger partial charge in [-0.05, 0) is 23.5 Å². The number of amides is 1. The number of piperidine rings is 1. The lowest BCUT2D eigenvalue weighted by atomic mass is 9.80. The molecule has 1 aromatic carbocycles. The van der Waals surface area contributed by atoms with E-state index in [0.717, 1.165) is 29.5 Å². The molecule has 1 atom stereocenters. The first kappa shape index (κ1) is 17.4. The number of benzene rings is 1. The van der Waals surface area contributed by atoms with Gasteiger partial charge in [0.2, 0.25) is 5.91 Å². The molecule has 1 aromatic rings. The normalized spacial score (nSPS) is 21.6. The highest BCUT2D eigenvalue weighted by atomic mass is 79.9. The number of likely N-dealkylation sites (tertiary alicyclic amines) is 1. The summed E-state index contributed by atoms with van der Waals surface area (Å²) in [5.41, 5.74) is 7.35. The van der Waals surface area contributed by atoms with Gasteiger partial charge >= 0.3 is 0 Å². The summed E-state index contributed by atoms with van der Waals surface area (Å²) in [6, 6.07) is 8.23. The highest BCUT2D eigenvalue weighted by molar-refractivity contribution is 9.10.